The fraction of sp³-hybridized carbons (Fsp3) is 0.926. The lowest BCUT2D eigenvalue weighted by molar-refractivity contribution is -0.152. The monoisotopic (exact) mass is 462 g/mol. The van der Waals surface area contributed by atoms with Gasteiger partial charge in [-0.3, -0.25) is 9.59 Å². The molecule has 4 bridgehead atoms. The fourth-order valence-electron chi connectivity index (χ4n) is 6.88. The van der Waals surface area contributed by atoms with Gasteiger partial charge in [-0.25, -0.2) is 0 Å². The van der Waals surface area contributed by atoms with E-state index in [1.54, 1.807) is 0 Å². The van der Waals surface area contributed by atoms with Crippen LogP contribution in [0.1, 0.15) is 96.3 Å². The lowest BCUT2D eigenvalue weighted by Crippen LogP contribution is -2.42. The molecular weight excluding hydrogens is 416 g/mol. The first-order valence-corrected chi connectivity index (χ1v) is 13.8. The molecule has 6 nitrogen and oxygen atoms in total. The van der Waals surface area contributed by atoms with Crippen LogP contribution in [0.3, 0.4) is 0 Å². The highest BCUT2D eigenvalue weighted by atomic mass is 16.5. The highest BCUT2D eigenvalue weighted by Gasteiger charge is 2.42. The van der Waals surface area contributed by atoms with Crippen molar-refractivity contribution in [2.24, 2.45) is 11.8 Å². The number of nitrogens with zero attached hydrogens (tertiary/aromatic N) is 2. The molecule has 0 aromatic rings. The van der Waals surface area contributed by atoms with E-state index < -0.39 is 0 Å². The van der Waals surface area contributed by atoms with Gasteiger partial charge in [-0.1, -0.05) is 32.1 Å². The zero-order valence-electron chi connectivity index (χ0n) is 21.0. The maximum atomic E-state index is 12.4. The first kappa shape index (κ1) is 25.0. The number of rotatable bonds is 12. The molecule has 33 heavy (non-hydrogen) atoms. The van der Waals surface area contributed by atoms with E-state index >= 15 is 0 Å². The summed E-state index contributed by atoms with van der Waals surface area (Å²) in [5.74, 6) is 0.342. The van der Waals surface area contributed by atoms with Gasteiger partial charge in [0.25, 0.3) is 0 Å². The van der Waals surface area contributed by atoms with E-state index in [-0.39, 0.29) is 23.8 Å². The average molecular weight is 463 g/mol. The van der Waals surface area contributed by atoms with E-state index in [1.165, 1.54) is 44.9 Å². The normalized spacial score (nSPS) is 33.9. The number of unbranched alkanes of at least 4 members (excludes halogenated alkanes) is 6. The molecule has 0 spiro atoms. The molecule has 4 aliphatic heterocycles. The van der Waals surface area contributed by atoms with Gasteiger partial charge in [-0.05, 0) is 78.3 Å². The Bertz CT molecular complexity index is 574. The zero-order valence-corrected chi connectivity index (χ0v) is 21.0. The summed E-state index contributed by atoms with van der Waals surface area (Å²) in [5, 5.41) is 0. The Morgan fingerprint density at radius 3 is 1.21 bits per heavy atom. The van der Waals surface area contributed by atoms with Crippen LogP contribution in [0.15, 0.2) is 0 Å². The molecule has 6 heteroatoms. The van der Waals surface area contributed by atoms with Crippen LogP contribution in [0, 0.1) is 11.8 Å². The first-order chi connectivity index (χ1) is 16.0. The first-order valence-electron chi connectivity index (χ1n) is 13.8. The fourth-order valence-corrected chi connectivity index (χ4v) is 6.88. The Morgan fingerprint density at radius 1 is 0.576 bits per heavy atom. The molecule has 0 N–H and O–H groups in total. The molecule has 4 saturated heterocycles. The van der Waals surface area contributed by atoms with Crippen LogP contribution in [0.4, 0.5) is 0 Å². The second-order valence-electron chi connectivity index (χ2n) is 11.2. The van der Waals surface area contributed by atoms with Crippen LogP contribution >= 0.6 is 0 Å². The van der Waals surface area contributed by atoms with Crippen molar-refractivity contribution in [2.45, 2.75) is 120 Å². The van der Waals surface area contributed by atoms with E-state index in [0.717, 1.165) is 51.4 Å². The predicted molar refractivity (Wildman–Crippen MR) is 129 cm³/mol. The van der Waals surface area contributed by atoms with Crippen LogP contribution in [0.25, 0.3) is 0 Å². The molecule has 0 aliphatic carbocycles. The van der Waals surface area contributed by atoms with Crippen molar-refractivity contribution in [2.75, 3.05) is 27.3 Å². The Morgan fingerprint density at radius 2 is 0.879 bits per heavy atom. The molecule has 4 aliphatic rings. The summed E-state index contributed by atoms with van der Waals surface area (Å²) in [5.41, 5.74) is 0. The molecule has 4 fully saturated rings. The van der Waals surface area contributed by atoms with E-state index in [9.17, 15) is 9.59 Å². The summed E-state index contributed by atoms with van der Waals surface area (Å²) >= 11 is 0. The summed E-state index contributed by atoms with van der Waals surface area (Å²) in [4.78, 5) is 29.7. The van der Waals surface area contributed by atoms with Crippen molar-refractivity contribution < 1.29 is 19.1 Å². The molecule has 0 amide bonds. The number of ether oxygens (including phenoxy) is 2. The SMILES string of the molecule is CN1[C@@H]2CC[C@H]1CC(C(=O)OCCCCCCCCCOC(=O)C1C[C@H]3CC[C@@H](C1)N3C)C2. The number of hydrogen-bond acceptors (Lipinski definition) is 6. The van der Waals surface area contributed by atoms with E-state index in [2.05, 4.69) is 23.9 Å². The van der Waals surface area contributed by atoms with Gasteiger partial charge in [0.2, 0.25) is 0 Å². The molecule has 188 valence electrons. The van der Waals surface area contributed by atoms with Gasteiger partial charge >= 0.3 is 11.9 Å². The van der Waals surface area contributed by atoms with Gasteiger partial charge in [0.1, 0.15) is 0 Å². The van der Waals surface area contributed by atoms with Crippen LogP contribution < -0.4 is 0 Å². The number of piperidine rings is 2. The van der Waals surface area contributed by atoms with Crippen molar-refractivity contribution in [3.05, 3.63) is 0 Å². The van der Waals surface area contributed by atoms with Gasteiger partial charge in [0, 0.05) is 24.2 Å². The number of esters is 2. The zero-order chi connectivity index (χ0) is 23.2. The maximum Gasteiger partial charge on any atom is 0.309 e. The molecule has 0 aromatic heterocycles. The number of fused-ring (bicyclic) bond motifs is 4. The smallest absolute Gasteiger partial charge is 0.309 e. The van der Waals surface area contributed by atoms with Gasteiger partial charge in [-0.15, -0.1) is 0 Å². The average Bonchev–Trinajstić information content (AvgIpc) is 3.13. The van der Waals surface area contributed by atoms with Crippen molar-refractivity contribution in [3.8, 4) is 0 Å². The van der Waals surface area contributed by atoms with Crippen molar-refractivity contribution >= 4 is 11.9 Å². The van der Waals surface area contributed by atoms with Crippen LogP contribution in [0.5, 0.6) is 0 Å². The number of carbonyl (C=O) groups is 2. The van der Waals surface area contributed by atoms with Crippen LogP contribution in [-0.2, 0) is 19.1 Å². The second-order valence-corrected chi connectivity index (χ2v) is 11.2. The number of carbonyl (C=O) groups excluding carboxylic acids is 2. The summed E-state index contributed by atoms with van der Waals surface area (Å²) in [6.07, 6.45) is 16.7. The molecule has 0 radical (unpaired) electrons. The van der Waals surface area contributed by atoms with Crippen LogP contribution in [0.2, 0.25) is 0 Å². The quantitative estimate of drug-likeness (QED) is 0.313. The number of hydrogen-bond donors (Lipinski definition) is 0. The molecular formula is C27H46N2O4. The Labute approximate surface area is 200 Å². The van der Waals surface area contributed by atoms with Crippen molar-refractivity contribution in [1.82, 2.24) is 9.80 Å². The standard InChI is InChI=1S/C27H46N2O4/c1-28-22-10-11-23(28)17-20(16-22)26(30)32-14-8-6-4-3-5-7-9-15-33-27(31)21-18-24-12-13-25(19-21)29(24)2/h20-25H,3-19H2,1-2H3/t20?,21?,22-,23+,24-,25+. The second kappa shape index (κ2) is 12.0. The Kier molecular flexibility index (Phi) is 9.09. The van der Waals surface area contributed by atoms with Crippen molar-refractivity contribution in [3.63, 3.8) is 0 Å². The summed E-state index contributed by atoms with van der Waals surface area (Å²) in [6, 6.07) is 2.37. The van der Waals surface area contributed by atoms with E-state index in [0.29, 0.717) is 37.4 Å². The maximum absolute atomic E-state index is 12.4. The molecule has 4 heterocycles. The van der Waals surface area contributed by atoms with E-state index in [4.69, 9.17) is 9.47 Å². The van der Waals surface area contributed by atoms with Crippen LogP contribution in [-0.4, -0.2) is 73.2 Å². The van der Waals surface area contributed by atoms with Gasteiger partial charge in [-0.2, -0.15) is 0 Å². The third kappa shape index (κ3) is 6.50. The lowest BCUT2D eigenvalue weighted by atomic mass is 9.91. The Balaban J connectivity index is 0.942. The minimum Gasteiger partial charge on any atom is -0.465 e. The third-order valence-electron chi connectivity index (χ3n) is 9.14. The molecule has 4 rings (SSSR count). The lowest BCUT2D eigenvalue weighted by Gasteiger charge is -2.35. The minimum absolute atomic E-state index is 0.0439. The minimum atomic E-state index is 0.0439. The predicted octanol–water partition coefficient (Wildman–Crippen LogP) is 4.55. The summed E-state index contributed by atoms with van der Waals surface area (Å²) in [6.45, 7) is 1.16. The molecule has 0 saturated carbocycles. The highest BCUT2D eigenvalue weighted by Crippen LogP contribution is 2.38. The van der Waals surface area contributed by atoms with Gasteiger partial charge < -0.3 is 19.3 Å². The summed E-state index contributed by atoms with van der Waals surface area (Å²) in [7, 11) is 4.41. The third-order valence-corrected chi connectivity index (χ3v) is 9.14. The molecule has 6 atom stereocenters. The van der Waals surface area contributed by atoms with E-state index in [1.807, 2.05) is 0 Å². The largest absolute Gasteiger partial charge is 0.465 e. The Hall–Kier alpha value is -1.14. The summed E-state index contributed by atoms with van der Waals surface area (Å²) < 4.78 is 11.2. The topological polar surface area (TPSA) is 59.1 Å². The molecule has 2 unspecified atom stereocenters. The van der Waals surface area contributed by atoms with Gasteiger partial charge in [0.05, 0.1) is 25.0 Å². The van der Waals surface area contributed by atoms with Gasteiger partial charge in [0.15, 0.2) is 0 Å². The highest BCUT2D eigenvalue weighted by molar-refractivity contribution is 5.73. The van der Waals surface area contributed by atoms with Crippen molar-refractivity contribution in [1.29, 1.82) is 0 Å². The molecule has 0 aromatic carbocycles.